The summed E-state index contributed by atoms with van der Waals surface area (Å²) in [6.07, 6.45) is 2.05. The summed E-state index contributed by atoms with van der Waals surface area (Å²) in [5.41, 5.74) is 2.71. The highest BCUT2D eigenvalue weighted by Crippen LogP contribution is 2.32. The summed E-state index contributed by atoms with van der Waals surface area (Å²) in [4.78, 5) is 29.2. The molecule has 0 fully saturated rings. The molecule has 0 aliphatic carbocycles. The highest BCUT2D eigenvalue weighted by Gasteiger charge is 2.27. The molecule has 0 radical (unpaired) electrons. The lowest BCUT2D eigenvalue weighted by Gasteiger charge is -2.13. The Kier molecular flexibility index (Phi) is 5.04. The molecule has 1 amide bonds. The predicted octanol–water partition coefficient (Wildman–Crippen LogP) is 3.18. The van der Waals surface area contributed by atoms with E-state index in [0.29, 0.717) is 5.75 Å². The number of nitrogens with one attached hydrogen (secondary N) is 1. The predicted molar refractivity (Wildman–Crippen MR) is 96.7 cm³/mol. The van der Waals surface area contributed by atoms with Crippen molar-refractivity contribution in [2.75, 3.05) is 11.1 Å². The van der Waals surface area contributed by atoms with E-state index in [-0.39, 0.29) is 23.9 Å². The van der Waals surface area contributed by atoms with Gasteiger partial charge in [0.05, 0.1) is 6.04 Å². The van der Waals surface area contributed by atoms with E-state index in [0.717, 1.165) is 34.9 Å². The Morgan fingerprint density at radius 3 is 2.83 bits per heavy atom. The Bertz CT molecular complexity index is 799. The van der Waals surface area contributed by atoms with Crippen molar-refractivity contribution in [2.45, 2.75) is 44.3 Å². The first-order valence-electron chi connectivity index (χ1n) is 8.18. The van der Waals surface area contributed by atoms with Crippen LogP contribution in [0.15, 0.2) is 40.3 Å². The number of benzene rings is 1. The second-order valence-corrected chi connectivity index (χ2v) is 7.06. The van der Waals surface area contributed by atoms with Gasteiger partial charge in [0, 0.05) is 29.6 Å². The van der Waals surface area contributed by atoms with Crippen LogP contribution in [0.4, 0.5) is 5.69 Å². The van der Waals surface area contributed by atoms with E-state index in [9.17, 15) is 9.59 Å². The number of amides is 1. The van der Waals surface area contributed by atoms with Crippen molar-refractivity contribution in [1.82, 2.24) is 9.55 Å². The van der Waals surface area contributed by atoms with E-state index in [1.165, 1.54) is 0 Å². The normalized spacial score (nSPS) is 16.0. The van der Waals surface area contributed by atoms with Crippen molar-refractivity contribution in [2.24, 2.45) is 0 Å². The van der Waals surface area contributed by atoms with Gasteiger partial charge in [-0.05, 0) is 25.5 Å². The van der Waals surface area contributed by atoms with Gasteiger partial charge in [-0.1, -0.05) is 42.8 Å². The van der Waals surface area contributed by atoms with E-state index < -0.39 is 0 Å². The molecule has 1 aromatic heterocycles. The zero-order valence-electron chi connectivity index (χ0n) is 13.9. The molecule has 0 spiro atoms. The van der Waals surface area contributed by atoms with Gasteiger partial charge in [0.2, 0.25) is 5.91 Å². The molecular formula is C18H21N3O2S. The standard InChI is InChI=1S/C18H21N3O2S/c1-3-4-14-9-17(23)21-15(11-24-18(21)20-14)10-16(22)19-13-7-5-12(2)6-8-13/h5-9,15H,3-4,10-11H2,1-2H3,(H,19,22). The summed E-state index contributed by atoms with van der Waals surface area (Å²) in [6.45, 7) is 4.07. The van der Waals surface area contributed by atoms with Gasteiger partial charge in [-0.25, -0.2) is 4.98 Å². The number of rotatable bonds is 5. The molecule has 0 saturated carbocycles. The van der Waals surface area contributed by atoms with Crippen LogP contribution < -0.4 is 10.9 Å². The van der Waals surface area contributed by atoms with E-state index in [1.54, 1.807) is 22.4 Å². The number of nitrogens with zero attached hydrogens (tertiary/aromatic N) is 2. The molecule has 1 aliphatic heterocycles. The molecule has 1 N–H and O–H groups in total. The third-order valence-corrected chi connectivity index (χ3v) is 5.10. The average Bonchev–Trinajstić information content (AvgIpc) is 2.93. The summed E-state index contributed by atoms with van der Waals surface area (Å²) < 4.78 is 1.67. The highest BCUT2D eigenvalue weighted by atomic mass is 32.2. The quantitative estimate of drug-likeness (QED) is 0.847. The van der Waals surface area contributed by atoms with Crippen molar-refractivity contribution < 1.29 is 4.79 Å². The van der Waals surface area contributed by atoms with Crippen LogP contribution in [0.5, 0.6) is 0 Å². The molecule has 0 saturated heterocycles. The van der Waals surface area contributed by atoms with Crippen LogP contribution in [-0.2, 0) is 11.2 Å². The number of aromatic nitrogens is 2. The van der Waals surface area contributed by atoms with Crippen LogP contribution in [0.3, 0.4) is 0 Å². The number of carbonyl (C=O) groups is 1. The Labute approximate surface area is 145 Å². The first-order chi connectivity index (χ1) is 11.6. The summed E-state index contributed by atoms with van der Waals surface area (Å²) >= 11 is 1.55. The zero-order chi connectivity index (χ0) is 17.1. The summed E-state index contributed by atoms with van der Waals surface area (Å²) in [5, 5.41) is 3.63. The van der Waals surface area contributed by atoms with Gasteiger partial charge in [-0.15, -0.1) is 0 Å². The monoisotopic (exact) mass is 343 g/mol. The number of fused-ring (bicyclic) bond motifs is 1. The van der Waals surface area contributed by atoms with Crippen LogP contribution in [0, 0.1) is 6.92 Å². The summed E-state index contributed by atoms with van der Waals surface area (Å²) in [5.74, 6) is 0.626. The smallest absolute Gasteiger partial charge is 0.254 e. The maximum Gasteiger partial charge on any atom is 0.254 e. The van der Waals surface area contributed by atoms with E-state index >= 15 is 0 Å². The highest BCUT2D eigenvalue weighted by molar-refractivity contribution is 7.99. The lowest BCUT2D eigenvalue weighted by atomic mass is 10.2. The minimum absolute atomic E-state index is 0.0541. The second-order valence-electron chi connectivity index (χ2n) is 6.07. The van der Waals surface area contributed by atoms with Crippen LogP contribution in [0.25, 0.3) is 0 Å². The Balaban J connectivity index is 1.71. The summed E-state index contributed by atoms with van der Waals surface area (Å²) in [7, 11) is 0. The Morgan fingerprint density at radius 1 is 1.38 bits per heavy atom. The maximum atomic E-state index is 12.4. The molecule has 3 rings (SSSR count). The van der Waals surface area contributed by atoms with Gasteiger partial charge in [0.1, 0.15) is 0 Å². The zero-order valence-corrected chi connectivity index (χ0v) is 14.7. The molecule has 1 aromatic carbocycles. The van der Waals surface area contributed by atoms with Gasteiger partial charge >= 0.3 is 0 Å². The van der Waals surface area contributed by atoms with Gasteiger partial charge < -0.3 is 5.32 Å². The first kappa shape index (κ1) is 16.8. The lowest BCUT2D eigenvalue weighted by Crippen LogP contribution is -2.27. The fraction of sp³-hybridized carbons (Fsp3) is 0.389. The van der Waals surface area contributed by atoms with Crippen LogP contribution in [0.1, 0.15) is 37.1 Å². The minimum Gasteiger partial charge on any atom is -0.326 e. The minimum atomic E-state index is -0.133. The van der Waals surface area contributed by atoms with Crippen molar-refractivity contribution in [3.63, 3.8) is 0 Å². The van der Waals surface area contributed by atoms with Crippen LogP contribution in [0.2, 0.25) is 0 Å². The van der Waals surface area contributed by atoms with Crippen LogP contribution >= 0.6 is 11.8 Å². The van der Waals surface area contributed by atoms with Gasteiger partial charge in [-0.3, -0.25) is 14.2 Å². The molecule has 1 aliphatic rings. The average molecular weight is 343 g/mol. The molecule has 126 valence electrons. The van der Waals surface area contributed by atoms with E-state index in [2.05, 4.69) is 17.2 Å². The fourth-order valence-corrected chi connectivity index (χ4v) is 3.96. The molecule has 1 atom stereocenters. The topological polar surface area (TPSA) is 64.0 Å². The number of hydrogen-bond acceptors (Lipinski definition) is 4. The van der Waals surface area contributed by atoms with Crippen molar-refractivity contribution >= 4 is 23.4 Å². The maximum absolute atomic E-state index is 12.4. The molecule has 1 unspecified atom stereocenters. The molecule has 5 nitrogen and oxygen atoms in total. The fourth-order valence-electron chi connectivity index (χ4n) is 2.80. The largest absolute Gasteiger partial charge is 0.326 e. The summed E-state index contributed by atoms with van der Waals surface area (Å²) in [6, 6.07) is 9.15. The molecular weight excluding hydrogens is 322 g/mol. The van der Waals surface area contributed by atoms with Gasteiger partial charge in [-0.2, -0.15) is 0 Å². The van der Waals surface area contributed by atoms with Gasteiger partial charge in [0.15, 0.2) is 5.16 Å². The molecule has 6 heteroatoms. The molecule has 0 bridgehead atoms. The number of thioether (sulfide) groups is 1. The van der Waals surface area contributed by atoms with Crippen molar-refractivity contribution in [3.05, 3.63) is 51.9 Å². The molecule has 24 heavy (non-hydrogen) atoms. The Morgan fingerprint density at radius 2 is 2.12 bits per heavy atom. The molecule has 2 heterocycles. The number of anilines is 1. The van der Waals surface area contributed by atoms with Crippen LogP contribution in [-0.4, -0.2) is 21.2 Å². The number of hydrogen-bond donors (Lipinski definition) is 1. The van der Waals surface area contributed by atoms with E-state index in [4.69, 9.17) is 0 Å². The third-order valence-electron chi connectivity index (χ3n) is 4.01. The van der Waals surface area contributed by atoms with Gasteiger partial charge in [0.25, 0.3) is 5.56 Å². The second kappa shape index (κ2) is 7.21. The number of carbonyl (C=O) groups excluding carboxylic acids is 1. The van der Waals surface area contributed by atoms with Crippen molar-refractivity contribution in [1.29, 1.82) is 0 Å². The SMILES string of the molecule is CCCc1cc(=O)n2c(n1)SCC2CC(=O)Nc1ccc(C)cc1. The third kappa shape index (κ3) is 3.70. The first-order valence-corrected chi connectivity index (χ1v) is 9.17. The molecule has 2 aromatic rings. The Hall–Kier alpha value is -2.08. The van der Waals surface area contributed by atoms with E-state index in [1.807, 2.05) is 31.2 Å². The lowest BCUT2D eigenvalue weighted by molar-refractivity contribution is -0.116. The van der Waals surface area contributed by atoms with Crippen molar-refractivity contribution in [3.8, 4) is 0 Å². The number of aryl methyl sites for hydroxylation is 2.